The van der Waals surface area contributed by atoms with Gasteiger partial charge in [0.1, 0.15) is 5.82 Å². The molecule has 4 heteroatoms. The fourth-order valence-corrected chi connectivity index (χ4v) is 3.66. The van der Waals surface area contributed by atoms with Gasteiger partial charge in [0, 0.05) is 18.2 Å². The van der Waals surface area contributed by atoms with Gasteiger partial charge in [-0.15, -0.1) is 0 Å². The van der Waals surface area contributed by atoms with Crippen LogP contribution in [0, 0.1) is 18.7 Å². The molecule has 0 bridgehead atoms. The van der Waals surface area contributed by atoms with Gasteiger partial charge in [0.25, 0.3) is 5.91 Å². The molecule has 21 heavy (non-hydrogen) atoms. The van der Waals surface area contributed by atoms with E-state index in [0.717, 1.165) is 45.3 Å². The lowest BCUT2D eigenvalue weighted by molar-refractivity contribution is 0.0666. The molecule has 0 radical (unpaired) electrons. The van der Waals surface area contributed by atoms with Crippen LogP contribution in [-0.2, 0) is 0 Å². The minimum Gasteiger partial charge on any atom is -0.335 e. The number of nitrogens with zero attached hydrogens (tertiary/aromatic N) is 1. The maximum atomic E-state index is 13.7. The first-order valence-electron chi connectivity index (χ1n) is 7.94. The lowest BCUT2D eigenvalue weighted by Crippen LogP contribution is -2.43. The number of hydrogen-bond acceptors (Lipinski definition) is 2. The molecule has 1 atom stereocenters. The van der Waals surface area contributed by atoms with Crippen LogP contribution in [0.3, 0.4) is 0 Å². The zero-order valence-corrected chi connectivity index (χ0v) is 12.6. The maximum Gasteiger partial charge on any atom is 0.254 e. The van der Waals surface area contributed by atoms with Crippen molar-refractivity contribution < 1.29 is 9.18 Å². The highest BCUT2D eigenvalue weighted by atomic mass is 19.1. The molecular weight excluding hydrogens is 267 g/mol. The van der Waals surface area contributed by atoms with Gasteiger partial charge < -0.3 is 10.2 Å². The van der Waals surface area contributed by atoms with Crippen LogP contribution < -0.4 is 5.32 Å². The monoisotopic (exact) mass is 290 g/mol. The summed E-state index contributed by atoms with van der Waals surface area (Å²) in [6.45, 7) is 4.62. The first kappa shape index (κ1) is 14.5. The van der Waals surface area contributed by atoms with Crippen LogP contribution in [0.5, 0.6) is 0 Å². The summed E-state index contributed by atoms with van der Waals surface area (Å²) < 4.78 is 13.7. The molecule has 0 aliphatic carbocycles. The van der Waals surface area contributed by atoms with E-state index in [2.05, 4.69) is 5.32 Å². The molecule has 1 N–H and O–H groups in total. The van der Waals surface area contributed by atoms with Crippen molar-refractivity contribution in [3.63, 3.8) is 0 Å². The molecule has 1 unspecified atom stereocenters. The number of carbonyl (C=O) groups excluding carboxylic acids is 1. The standard InChI is InChI=1S/C17H23FN2O/c1-12-4-5-14(11-15(12)18)17(21)20-10-2-3-16(20)13-6-8-19-9-7-13/h4-5,11,13,16,19H,2-3,6-10H2,1H3. The van der Waals surface area contributed by atoms with Gasteiger partial charge >= 0.3 is 0 Å². The second kappa shape index (κ2) is 6.14. The maximum absolute atomic E-state index is 13.7. The van der Waals surface area contributed by atoms with E-state index >= 15 is 0 Å². The molecular formula is C17H23FN2O. The number of amides is 1. The Morgan fingerprint density at radius 3 is 2.76 bits per heavy atom. The van der Waals surface area contributed by atoms with Gasteiger partial charge in [0.2, 0.25) is 0 Å². The first-order valence-corrected chi connectivity index (χ1v) is 7.94. The van der Waals surface area contributed by atoms with Gasteiger partial charge in [-0.05, 0) is 69.3 Å². The number of rotatable bonds is 2. The summed E-state index contributed by atoms with van der Waals surface area (Å²) in [6.07, 6.45) is 4.42. The lowest BCUT2D eigenvalue weighted by Gasteiger charge is -2.34. The van der Waals surface area contributed by atoms with E-state index in [1.54, 1.807) is 19.1 Å². The molecule has 2 saturated heterocycles. The van der Waals surface area contributed by atoms with E-state index < -0.39 is 0 Å². The predicted octanol–water partition coefficient (Wildman–Crippen LogP) is 2.74. The van der Waals surface area contributed by atoms with Gasteiger partial charge in [0.05, 0.1) is 0 Å². The molecule has 1 aromatic carbocycles. The van der Waals surface area contributed by atoms with E-state index in [1.165, 1.54) is 6.07 Å². The van der Waals surface area contributed by atoms with Crippen LogP contribution in [0.1, 0.15) is 41.6 Å². The largest absolute Gasteiger partial charge is 0.335 e. The van der Waals surface area contributed by atoms with E-state index in [-0.39, 0.29) is 11.7 Å². The van der Waals surface area contributed by atoms with Crippen LogP contribution in [0.2, 0.25) is 0 Å². The zero-order valence-electron chi connectivity index (χ0n) is 12.6. The fraction of sp³-hybridized carbons (Fsp3) is 0.588. The number of benzene rings is 1. The highest BCUT2D eigenvalue weighted by Gasteiger charge is 2.35. The summed E-state index contributed by atoms with van der Waals surface area (Å²) >= 11 is 0. The molecule has 1 amide bonds. The van der Waals surface area contributed by atoms with Gasteiger partial charge in [0.15, 0.2) is 0 Å². The van der Waals surface area contributed by atoms with E-state index in [4.69, 9.17) is 0 Å². The Morgan fingerprint density at radius 1 is 1.29 bits per heavy atom. The second-order valence-electron chi connectivity index (χ2n) is 6.26. The molecule has 2 aliphatic heterocycles. The highest BCUT2D eigenvalue weighted by Crippen LogP contribution is 2.30. The zero-order chi connectivity index (χ0) is 14.8. The third kappa shape index (κ3) is 2.95. The van der Waals surface area contributed by atoms with Crippen LogP contribution in [0.4, 0.5) is 4.39 Å². The summed E-state index contributed by atoms with van der Waals surface area (Å²) in [5, 5.41) is 3.37. The minimum atomic E-state index is -0.293. The van der Waals surface area contributed by atoms with Crippen LogP contribution in [-0.4, -0.2) is 36.5 Å². The third-order valence-electron chi connectivity index (χ3n) is 4.91. The van der Waals surface area contributed by atoms with Crippen LogP contribution in [0.25, 0.3) is 0 Å². The molecule has 2 fully saturated rings. The number of hydrogen-bond donors (Lipinski definition) is 1. The first-order chi connectivity index (χ1) is 10.2. The number of halogens is 1. The van der Waals surface area contributed by atoms with Gasteiger partial charge in [-0.1, -0.05) is 6.07 Å². The summed E-state index contributed by atoms with van der Waals surface area (Å²) in [5.41, 5.74) is 1.07. The number of aryl methyl sites for hydroxylation is 1. The molecule has 0 saturated carbocycles. The Hall–Kier alpha value is -1.42. The van der Waals surface area contributed by atoms with Crippen molar-refractivity contribution in [2.24, 2.45) is 5.92 Å². The molecule has 3 nitrogen and oxygen atoms in total. The van der Waals surface area contributed by atoms with E-state index in [1.807, 2.05) is 4.90 Å². The van der Waals surface area contributed by atoms with Gasteiger partial charge in [-0.2, -0.15) is 0 Å². The average Bonchev–Trinajstić information content (AvgIpc) is 2.99. The minimum absolute atomic E-state index is 0.00469. The van der Waals surface area contributed by atoms with Crippen molar-refractivity contribution in [3.05, 3.63) is 35.1 Å². The van der Waals surface area contributed by atoms with Crippen molar-refractivity contribution in [1.29, 1.82) is 0 Å². The van der Waals surface area contributed by atoms with Crippen LogP contribution in [0.15, 0.2) is 18.2 Å². The Morgan fingerprint density at radius 2 is 2.05 bits per heavy atom. The number of likely N-dealkylation sites (tertiary alicyclic amines) is 1. The molecule has 0 spiro atoms. The predicted molar refractivity (Wildman–Crippen MR) is 80.8 cm³/mol. The van der Waals surface area contributed by atoms with E-state index in [9.17, 15) is 9.18 Å². The molecule has 114 valence electrons. The number of carbonyl (C=O) groups is 1. The van der Waals surface area contributed by atoms with Crippen molar-refractivity contribution in [3.8, 4) is 0 Å². The van der Waals surface area contributed by atoms with Crippen LogP contribution >= 0.6 is 0 Å². The molecule has 3 rings (SSSR count). The van der Waals surface area contributed by atoms with Crippen molar-refractivity contribution in [1.82, 2.24) is 10.2 Å². The van der Waals surface area contributed by atoms with Gasteiger partial charge in [-0.3, -0.25) is 4.79 Å². The molecule has 2 heterocycles. The quantitative estimate of drug-likeness (QED) is 0.908. The molecule has 0 aromatic heterocycles. The highest BCUT2D eigenvalue weighted by molar-refractivity contribution is 5.94. The summed E-state index contributed by atoms with van der Waals surface area (Å²) in [6, 6.07) is 5.16. The summed E-state index contributed by atoms with van der Waals surface area (Å²) in [5.74, 6) is 0.293. The lowest BCUT2D eigenvalue weighted by atomic mass is 9.88. The SMILES string of the molecule is Cc1ccc(C(=O)N2CCCC2C2CCNCC2)cc1F. The van der Waals surface area contributed by atoms with Gasteiger partial charge in [-0.25, -0.2) is 4.39 Å². The topological polar surface area (TPSA) is 32.3 Å². The Labute approximate surface area is 125 Å². The van der Waals surface area contributed by atoms with E-state index in [0.29, 0.717) is 23.1 Å². The third-order valence-corrected chi connectivity index (χ3v) is 4.91. The fourth-order valence-electron chi connectivity index (χ4n) is 3.66. The van der Waals surface area contributed by atoms with Crippen molar-refractivity contribution in [2.45, 2.75) is 38.6 Å². The van der Waals surface area contributed by atoms with Crippen molar-refractivity contribution >= 4 is 5.91 Å². The Bertz CT molecular complexity index is 526. The molecule has 1 aromatic rings. The summed E-state index contributed by atoms with van der Waals surface area (Å²) in [7, 11) is 0. The van der Waals surface area contributed by atoms with Crippen molar-refractivity contribution in [2.75, 3.05) is 19.6 Å². The Balaban J connectivity index is 1.77. The smallest absolute Gasteiger partial charge is 0.254 e. The number of piperidine rings is 1. The average molecular weight is 290 g/mol. The number of nitrogens with one attached hydrogen (secondary N) is 1. The normalized spacial score (nSPS) is 23.5. The summed E-state index contributed by atoms with van der Waals surface area (Å²) in [4.78, 5) is 14.7. The second-order valence-corrected chi connectivity index (χ2v) is 6.26. The molecule has 2 aliphatic rings. The Kier molecular flexibility index (Phi) is 4.24.